The minimum atomic E-state index is -1.14. The average Bonchev–Trinajstić information content (AvgIpc) is 2.27. The van der Waals surface area contributed by atoms with Gasteiger partial charge in [-0.2, -0.15) is 0 Å². The van der Waals surface area contributed by atoms with E-state index in [1.165, 1.54) is 14.2 Å². The summed E-state index contributed by atoms with van der Waals surface area (Å²) in [5.74, 6) is -0.369. The lowest BCUT2D eigenvalue weighted by atomic mass is 10.1. The number of carboxylic acids is 1. The van der Waals surface area contributed by atoms with Crippen LogP contribution in [-0.4, -0.2) is 25.3 Å². The van der Waals surface area contributed by atoms with Gasteiger partial charge in [-0.25, -0.2) is 0 Å². The van der Waals surface area contributed by atoms with Gasteiger partial charge < -0.3 is 20.3 Å². The summed E-state index contributed by atoms with van der Waals surface area (Å²) in [5.41, 5.74) is 5.91. The van der Waals surface area contributed by atoms with Crippen LogP contribution in [-0.2, 0) is 4.79 Å². The topological polar surface area (TPSA) is 81.8 Å². The molecule has 16 heavy (non-hydrogen) atoms. The molecule has 3 N–H and O–H groups in total. The van der Waals surface area contributed by atoms with Gasteiger partial charge in [0.15, 0.2) is 11.5 Å². The van der Waals surface area contributed by atoms with E-state index in [1.807, 2.05) is 0 Å². The smallest absolute Gasteiger partial charge is 0.325 e. The van der Waals surface area contributed by atoms with Gasteiger partial charge in [0.05, 0.1) is 18.7 Å². The molecule has 0 spiro atoms. The Kier molecular flexibility index (Phi) is 4.14. The van der Waals surface area contributed by atoms with E-state index in [-0.39, 0.29) is 0 Å². The molecule has 1 aromatic rings. The second-order valence-electron chi connectivity index (χ2n) is 3.02. The maximum Gasteiger partial charge on any atom is 0.325 e. The van der Waals surface area contributed by atoms with Crippen LogP contribution in [0, 0.1) is 0 Å². The minimum absolute atomic E-state index is 0.326. The lowest BCUT2D eigenvalue weighted by Crippen LogP contribution is -2.21. The first-order chi connectivity index (χ1) is 7.52. The molecule has 1 unspecified atom stereocenters. The van der Waals surface area contributed by atoms with Gasteiger partial charge in [-0.15, -0.1) is 0 Å². The highest BCUT2D eigenvalue weighted by molar-refractivity contribution is 9.10. The number of benzene rings is 1. The molecular weight excluding hydrogens is 278 g/mol. The molecule has 0 heterocycles. The van der Waals surface area contributed by atoms with Crippen LogP contribution in [0.5, 0.6) is 11.5 Å². The Balaban J connectivity index is 3.35. The third kappa shape index (κ3) is 2.28. The first-order valence-corrected chi connectivity index (χ1v) is 5.21. The van der Waals surface area contributed by atoms with Crippen LogP contribution in [0.15, 0.2) is 16.6 Å². The Bertz CT molecular complexity index is 408. The van der Waals surface area contributed by atoms with Crippen LogP contribution >= 0.6 is 15.9 Å². The van der Waals surface area contributed by atoms with E-state index in [4.69, 9.17) is 20.3 Å². The summed E-state index contributed by atoms with van der Waals surface area (Å²) >= 11 is 3.28. The summed E-state index contributed by atoms with van der Waals surface area (Å²) in [4.78, 5) is 10.8. The first-order valence-electron chi connectivity index (χ1n) is 4.41. The van der Waals surface area contributed by atoms with Crippen molar-refractivity contribution in [3.05, 3.63) is 22.2 Å². The van der Waals surface area contributed by atoms with E-state index < -0.39 is 12.0 Å². The zero-order valence-corrected chi connectivity index (χ0v) is 10.4. The van der Waals surface area contributed by atoms with Crippen molar-refractivity contribution in [1.29, 1.82) is 0 Å². The lowest BCUT2D eigenvalue weighted by Gasteiger charge is -2.16. The van der Waals surface area contributed by atoms with Crippen molar-refractivity contribution >= 4 is 21.9 Å². The molecule has 0 aliphatic rings. The van der Waals surface area contributed by atoms with Crippen LogP contribution in [0.4, 0.5) is 0 Å². The number of carbonyl (C=O) groups is 1. The zero-order valence-electron chi connectivity index (χ0n) is 8.86. The zero-order chi connectivity index (χ0) is 12.3. The van der Waals surface area contributed by atoms with E-state index in [0.29, 0.717) is 21.5 Å². The van der Waals surface area contributed by atoms with Crippen LogP contribution in [0.2, 0.25) is 0 Å². The van der Waals surface area contributed by atoms with Gasteiger partial charge in [0.2, 0.25) is 0 Å². The summed E-state index contributed by atoms with van der Waals surface area (Å²) in [6.07, 6.45) is 0. The summed E-state index contributed by atoms with van der Waals surface area (Å²) in [7, 11) is 2.90. The molecule has 1 aromatic carbocycles. The quantitative estimate of drug-likeness (QED) is 0.879. The second kappa shape index (κ2) is 5.18. The van der Waals surface area contributed by atoms with Crippen LogP contribution < -0.4 is 15.2 Å². The molecule has 5 nitrogen and oxygen atoms in total. The molecule has 0 bridgehead atoms. The van der Waals surface area contributed by atoms with Crippen LogP contribution in [0.25, 0.3) is 0 Å². The average molecular weight is 290 g/mol. The van der Waals surface area contributed by atoms with Crippen molar-refractivity contribution in [3.8, 4) is 11.5 Å². The molecule has 6 heteroatoms. The Morgan fingerprint density at radius 3 is 2.38 bits per heavy atom. The molecule has 0 aliphatic carbocycles. The third-order valence-corrected chi connectivity index (χ3v) is 2.73. The highest BCUT2D eigenvalue weighted by Gasteiger charge is 2.22. The van der Waals surface area contributed by atoms with Gasteiger partial charge in [-0.05, 0) is 22.0 Å². The Morgan fingerprint density at radius 1 is 1.38 bits per heavy atom. The normalized spacial score (nSPS) is 12.0. The fraction of sp³-hybridized carbons (Fsp3) is 0.300. The predicted octanol–water partition coefficient (Wildman–Crippen LogP) is 1.55. The predicted molar refractivity (Wildman–Crippen MR) is 61.8 cm³/mol. The summed E-state index contributed by atoms with van der Waals surface area (Å²) in [6.45, 7) is 0. The second-order valence-corrected chi connectivity index (χ2v) is 3.87. The standard InChI is InChI=1S/C10H12BrNO4/c1-15-8-5(7(12)10(13)14)3-4-6(11)9(8)16-2/h3-4,7H,12H2,1-2H3,(H,13,14). The van der Waals surface area contributed by atoms with Crippen molar-refractivity contribution in [3.63, 3.8) is 0 Å². The van der Waals surface area contributed by atoms with Gasteiger partial charge in [0.25, 0.3) is 0 Å². The van der Waals surface area contributed by atoms with Gasteiger partial charge >= 0.3 is 5.97 Å². The Hall–Kier alpha value is -1.27. The van der Waals surface area contributed by atoms with Gasteiger partial charge in [0.1, 0.15) is 6.04 Å². The largest absolute Gasteiger partial charge is 0.492 e. The molecule has 0 amide bonds. The molecule has 1 rings (SSSR count). The maximum absolute atomic E-state index is 10.8. The number of halogens is 1. The fourth-order valence-electron chi connectivity index (χ4n) is 1.33. The number of nitrogens with two attached hydrogens (primary N) is 1. The van der Waals surface area contributed by atoms with Gasteiger partial charge in [-0.1, -0.05) is 6.07 Å². The summed E-state index contributed by atoms with van der Waals surface area (Å²) in [6, 6.07) is 2.11. The van der Waals surface area contributed by atoms with Crippen molar-refractivity contribution in [2.75, 3.05) is 14.2 Å². The van der Waals surface area contributed by atoms with Gasteiger partial charge in [0, 0.05) is 5.56 Å². The van der Waals surface area contributed by atoms with Crippen molar-refractivity contribution in [1.82, 2.24) is 0 Å². The Morgan fingerprint density at radius 2 is 1.94 bits per heavy atom. The first kappa shape index (κ1) is 12.8. The molecular formula is C10H12BrNO4. The number of hydrogen-bond donors (Lipinski definition) is 2. The molecule has 1 atom stereocenters. The number of carboxylic acid groups (broad SMARTS) is 1. The fourth-order valence-corrected chi connectivity index (χ4v) is 1.81. The lowest BCUT2D eigenvalue weighted by molar-refractivity contribution is -0.138. The van der Waals surface area contributed by atoms with Crippen molar-refractivity contribution in [2.45, 2.75) is 6.04 Å². The van der Waals surface area contributed by atoms with Crippen molar-refractivity contribution < 1.29 is 19.4 Å². The number of aliphatic carboxylic acids is 1. The molecule has 0 saturated carbocycles. The molecule has 88 valence electrons. The van der Waals surface area contributed by atoms with Crippen LogP contribution in [0.1, 0.15) is 11.6 Å². The monoisotopic (exact) mass is 289 g/mol. The Labute approximate surface area is 101 Å². The summed E-state index contributed by atoms with van der Waals surface area (Å²) in [5, 5.41) is 8.86. The third-order valence-electron chi connectivity index (χ3n) is 2.10. The van der Waals surface area contributed by atoms with E-state index in [2.05, 4.69) is 15.9 Å². The van der Waals surface area contributed by atoms with E-state index in [0.717, 1.165) is 0 Å². The number of hydrogen-bond acceptors (Lipinski definition) is 4. The minimum Gasteiger partial charge on any atom is -0.492 e. The SMILES string of the molecule is COc1c(Br)ccc(C(N)C(=O)O)c1OC. The summed E-state index contributed by atoms with van der Waals surface area (Å²) < 4.78 is 10.9. The number of rotatable bonds is 4. The molecule has 0 aliphatic heterocycles. The molecule has 0 saturated heterocycles. The number of methoxy groups -OCH3 is 2. The highest BCUT2D eigenvalue weighted by Crippen LogP contribution is 2.39. The molecule has 0 radical (unpaired) electrons. The highest BCUT2D eigenvalue weighted by atomic mass is 79.9. The van der Waals surface area contributed by atoms with E-state index in [1.54, 1.807) is 12.1 Å². The molecule has 0 fully saturated rings. The molecule has 0 aromatic heterocycles. The number of ether oxygens (including phenoxy) is 2. The van der Waals surface area contributed by atoms with Gasteiger partial charge in [-0.3, -0.25) is 4.79 Å². The maximum atomic E-state index is 10.8. The van der Waals surface area contributed by atoms with Crippen LogP contribution in [0.3, 0.4) is 0 Å². The van der Waals surface area contributed by atoms with E-state index in [9.17, 15) is 4.79 Å². The van der Waals surface area contributed by atoms with Crippen molar-refractivity contribution in [2.24, 2.45) is 5.73 Å². The van der Waals surface area contributed by atoms with E-state index >= 15 is 0 Å².